The first kappa shape index (κ1) is 27.0. The van der Waals surface area contributed by atoms with Crippen LogP contribution in [-0.2, 0) is 0 Å². The van der Waals surface area contributed by atoms with Gasteiger partial charge in [-0.25, -0.2) is 28.2 Å². The lowest BCUT2D eigenvalue weighted by molar-refractivity contribution is -2.00. The molecule has 0 aromatic heterocycles. The van der Waals surface area contributed by atoms with Crippen molar-refractivity contribution >= 4 is 16.8 Å². The molecule has 0 saturated carbocycles. The van der Waals surface area contributed by atoms with Gasteiger partial charge in [0.2, 0.25) is 5.36 Å². The summed E-state index contributed by atoms with van der Waals surface area (Å²) in [6.45, 7) is 13.0. The van der Waals surface area contributed by atoms with Crippen molar-refractivity contribution < 1.29 is 33.3 Å². The van der Waals surface area contributed by atoms with Gasteiger partial charge in [0.05, 0.1) is 6.07 Å². The number of fused-ring (bicyclic) bond motifs is 2. The van der Waals surface area contributed by atoms with Crippen molar-refractivity contribution in [1.82, 2.24) is 9.56 Å². The van der Waals surface area contributed by atoms with Crippen molar-refractivity contribution in [3.05, 3.63) is 41.8 Å². The van der Waals surface area contributed by atoms with Crippen LogP contribution in [0.4, 0.5) is 5.69 Å². The van der Waals surface area contributed by atoms with Gasteiger partial charge in [-0.05, 0) is 32.0 Å². The van der Waals surface area contributed by atoms with E-state index in [9.17, 15) is 0 Å². The molecule has 1 aliphatic heterocycles. The summed E-state index contributed by atoms with van der Waals surface area (Å²) >= 11 is 0. The molecule has 2 aliphatic rings. The monoisotopic (exact) mass is 479 g/mol. The van der Waals surface area contributed by atoms with Gasteiger partial charge in [0, 0.05) is 43.8 Å². The quantitative estimate of drug-likeness (QED) is 0.321. The molecule has 0 atom stereocenters. The predicted molar refractivity (Wildman–Crippen MR) is 119 cm³/mol. The minimum Gasteiger partial charge on any atom is -0.452 e. The number of anilines is 1. The molecule has 0 saturated heterocycles. The zero-order valence-corrected chi connectivity index (χ0v) is 20.6. The molecule has 33 heavy (non-hydrogen) atoms. The summed E-state index contributed by atoms with van der Waals surface area (Å²) < 4.78 is 42.8. The Morgan fingerprint density at radius 2 is 1.48 bits per heavy atom. The van der Waals surface area contributed by atoms with Gasteiger partial charge in [-0.1, -0.05) is 26.7 Å². The molecule has 1 aromatic rings. The Morgan fingerprint density at radius 1 is 0.879 bits per heavy atom. The lowest BCUT2D eigenvalue weighted by Crippen LogP contribution is -2.68. The highest BCUT2D eigenvalue weighted by Gasteiger charge is 2.13. The molecule has 8 nitrogen and oxygen atoms in total. The van der Waals surface area contributed by atoms with E-state index >= 15 is 0 Å². The van der Waals surface area contributed by atoms with Crippen LogP contribution in [0, 0.1) is 10.2 Å². The van der Waals surface area contributed by atoms with E-state index in [0.717, 1.165) is 48.7 Å². The molecule has 0 unspecified atom stereocenters. The van der Waals surface area contributed by atoms with Gasteiger partial charge in [0.15, 0.2) is 11.3 Å². The summed E-state index contributed by atoms with van der Waals surface area (Å²) in [5, 5.41) is 1.24. The Kier molecular flexibility index (Phi) is 10.5. The SMILES string of the molecule is CCCC[N+](CCCC)=c1ccc2nc3ccc(N(CC)CC)cc3oc-2c1.[O-][Cl+3]([O-])([O-])[O-]. The molecular weight excluding hydrogens is 446 g/mol. The van der Waals surface area contributed by atoms with Crippen LogP contribution in [0.1, 0.15) is 53.4 Å². The van der Waals surface area contributed by atoms with Crippen molar-refractivity contribution in [2.45, 2.75) is 53.4 Å². The van der Waals surface area contributed by atoms with Crippen LogP contribution in [0.5, 0.6) is 0 Å². The average Bonchev–Trinajstić information content (AvgIpc) is 2.77. The van der Waals surface area contributed by atoms with Gasteiger partial charge in [-0.15, -0.1) is 10.2 Å². The topological polar surface area (TPSA) is 125 Å². The fraction of sp³-hybridized carbons (Fsp3) is 0.500. The fourth-order valence-corrected chi connectivity index (χ4v) is 3.65. The zero-order chi connectivity index (χ0) is 24.4. The fourth-order valence-electron chi connectivity index (χ4n) is 3.65. The lowest BCUT2D eigenvalue weighted by Gasteiger charge is -2.21. The van der Waals surface area contributed by atoms with Gasteiger partial charge in [0.1, 0.15) is 24.3 Å². The van der Waals surface area contributed by atoms with Crippen molar-refractivity contribution in [3.63, 3.8) is 0 Å². The number of nitrogens with zero attached hydrogens (tertiary/aromatic N) is 3. The molecule has 1 heterocycles. The Labute approximate surface area is 197 Å². The molecule has 1 aromatic carbocycles. The molecule has 0 spiro atoms. The van der Waals surface area contributed by atoms with Crippen molar-refractivity contribution in [1.29, 1.82) is 0 Å². The first-order valence-electron chi connectivity index (χ1n) is 11.5. The third-order valence-corrected chi connectivity index (χ3v) is 5.40. The second kappa shape index (κ2) is 12.9. The summed E-state index contributed by atoms with van der Waals surface area (Å²) in [5.74, 6) is 0.861. The Balaban J connectivity index is 0.000000696. The number of hydrogen-bond donors (Lipinski definition) is 0. The van der Waals surface area contributed by atoms with Crippen LogP contribution < -0.4 is 33.5 Å². The molecule has 182 valence electrons. The highest BCUT2D eigenvalue weighted by molar-refractivity contribution is 5.80. The van der Waals surface area contributed by atoms with Crippen LogP contribution in [0.2, 0.25) is 0 Å². The normalized spacial score (nSPS) is 11.4. The number of halogens is 1. The summed E-state index contributed by atoms with van der Waals surface area (Å²) in [4.78, 5) is 7.15. The minimum atomic E-state index is -4.94. The van der Waals surface area contributed by atoms with Gasteiger partial charge in [0.25, 0.3) is 0 Å². The van der Waals surface area contributed by atoms with Gasteiger partial charge in [-0.3, -0.25) is 0 Å². The molecule has 0 radical (unpaired) electrons. The van der Waals surface area contributed by atoms with Crippen LogP contribution >= 0.6 is 0 Å². The Hall–Kier alpha value is -2.23. The third kappa shape index (κ3) is 8.57. The largest absolute Gasteiger partial charge is 0.452 e. The molecule has 3 rings (SSSR count). The maximum absolute atomic E-state index is 8.49. The van der Waals surface area contributed by atoms with Crippen LogP contribution in [0.25, 0.3) is 22.6 Å². The summed E-state index contributed by atoms with van der Waals surface area (Å²) in [6, 6.07) is 12.8. The van der Waals surface area contributed by atoms with Crippen LogP contribution in [0.15, 0.2) is 40.8 Å². The van der Waals surface area contributed by atoms with E-state index < -0.39 is 10.2 Å². The zero-order valence-electron chi connectivity index (χ0n) is 19.9. The standard InChI is InChI=1S/C24H34N3O.ClHO4/c1-5-9-15-27(16-10-6-2)20-12-14-22-24(18-20)28-23-17-19(26(7-3)8-4)11-13-21(23)25-22;2-1(3,4)5/h11-14,17-18H,5-10,15-16H2,1-4H3;(H,2,3,4,5)/q+1;/p-1. The maximum atomic E-state index is 8.49. The third-order valence-electron chi connectivity index (χ3n) is 5.40. The number of benzene rings is 2. The van der Waals surface area contributed by atoms with Gasteiger partial charge in [-0.2, -0.15) is 0 Å². The number of aromatic nitrogens is 1. The summed E-state index contributed by atoms with van der Waals surface area (Å²) in [6.07, 6.45) is 4.84. The predicted octanol–water partition coefficient (Wildman–Crippen LogP) is 0.395. The molecule has 9 heteroatoms. The van der Waals surface area contributed by atoms with E-state index in [0.29, 0.717) is 0 Å². The van der Waals surface area contributed by atoms with Crippen LogP contribution in [0.3, 0.4) is 0 Å². The Morgan fingerprint density at radius 3 is 2.03 bits per heavy atom. The second-order valence-corrected chi connectivity index (χ2v) is 8.52. The van der Waals surface area contributed by atoms with Gasteiger partial charge >= 0.3 is 0 Å². The first-order chi connectivity index (χ1) is 15.7. The first-order valence-corrected chi connectivity index (χ1v) is 12.7. The average molecular weight is 480 g/mol. The van der Waals surface area contributed by atoms with E-state index in [1.807, 2.05) is 0 Å². The van der Waals surface area contributed by atoms with E-state index in [2.05, 4.69) is 73.6 Å². The van der Waals surface area contributed by atoms with Crippen molar-refractivity contribution in [3.8, 4) is 11.5 Å². The van der Waals surface area contributed by atoms with E-state index in [1.165, 1.54) is 36.7 Å². The molecule has 0 bridgehead atoms. The van der Waals surface area contributed by atoms with Crippen molar-refractivity contribution in [2.24, 2.45) is 0 Å². The summed E-state index contributed by atoms with van der Waals surface area (Å²) in [7, 11) is -4.94. The minimum absolute atomic E-state index is 0.850. The second-order valence-electron chi connectivity index (χ2n) is 7.76. The molecule has 0 amide bonds. The van der Waals surface area contributed by atoms with E-state index in [4.69, 9.17) is 28.0 Å². The van der Waals surface area contributed by atoms with Gasteiger partial charge < -0.3 is 9.32 Å². The number of hydrogen-bond acceptors (Lipinski definition) is 7. The van der Waals surface area contributed by atoms with E-state index in [1.54, 1.807) is 0 Å². The Bertz CT molecular complexity index is 1030. The lowest BCUT2D eigenvalue weighted by atomic mass is 10.2. The van der Waals surface area contributed by atoms with Crippen LogP contribution in [-0.4, -0.2) is 31.2 Å². The van der Waals surface area contributed by atoms with E-state index in [-0.39, 0.29) is 0 Å². The number of rotatable bonds is 9. The van der Waals surface area contributed by atoms with Crippen molar-refractivity contribution in [2.75, 3.05) is 31.1 Å². The highest BCUT2D eigenvalue weighted by Crippen LogP contribution is 2.27. The molecule has 0 fully saturated rings. The summed E-state index contributed by atoms with van der Waals surface area (Å²) in [5.41, 5.74) is 3.86. The number of unbranched alkanes of at least 4 members (excludes halogenated alkanes) is 2. The smallest absolute Gasteiger partial charge is 0.203 e. The maximum Gasteiger partial charge on any atom is 0.203 e. The molecule has 0 N–H and O–H groups in total. The highest BCUT2D eigenvalue weighted by atomic mass is 35.7. The molecular formula is C24H34ClN3O5. The molecule has 1 aliphatic carbocycles.